The van der Waals surface area contributed by atoms with Crippen LogP contribution in [0.5, 0.6) is 0 Å². The lowest BCUT2D eigenvalue weighted by Crippen LogP contribution is -2.31. The molecule has 1 unspecified atom stereocenters. The molecule has 102 valence electrons. The molecule has 0 spiro atoms. The van der Waals surface area contributed by atoms with Gasteiger partial charge in [-0.1, -0.05) is 20.8 Å². The van der Waals surface area contributed by atoms with E-state index in [-0.39, 0.29) is 0 Å². The van der Waals surface area contributed by atoms with Crippen LogP contribution in [0, 0.1) is 5.92 Å². The first-order valence-corrected chi connectivity index (χ1v) is 6.70. The second-order valence-corrected chi connectivity index (χ2v) is 4.76. The summed E-state index contributed by atoms with van der Waals surface area (Å²) in [6, 6.07) is 0. The van der Waals surface area contributed by atoms with Crippen LogP contribution in [0.3, 0.4) is 0 Å². The fourth-order valence-electron chi connectivity index (χ4n) is 2.05. The summed E-state index contributed by atoms with van der Waals surface area (Å²) < 4.78 is 0. The normalized spacial score (nSPS) is 12.5. The highest BCUT2D eigenvalue weighted by Gasteiger charge is 2.12. The lowest BCUT2D eigenvalue weighted by molar-refractivity contribution is 0.536. The van der Waals surface area contributed by atoms with E-state index in [0.29, 0.717) is 5.92 Å². The molecule has 0 aliphatic rings. The average Bonchev–Trinajstić information content (AvgIpc) is 2.38. The van der Waals surface area contributed by atoms with Crippen molar-refractivity contribution in [1.82, 2.24) is 20.5 Å². The van der Waals surface area contributed by atoms with Crippen molar-refractivity contribution in [3.05, 3.63) is 11.4 Å². The number of nitrogens with zero attached hydrogens (tertiary/aromatic N) is 4. The Hall–Kier alpha value is -1.23. The van der Waals surface area contributed by atoms with Crippen LogP contribution in [0.4, 0.5) is 5.95 Å². The summed E-state index contributed by atoms with van der Waals surface area (Å²) in [6.07, 6.45) is 1.80. The maximum absolute atomic E-state index is 4.61. The van der Waals surface area contributed by atoms with E-state index in [2.05, 4.69) is 46.2 Å². The van der Waals surface area contributed by atoms with E-state index in [1.165, 1.54) is 0 Å². The zero-order chi connectivity index (χ0) is 13.5. The Morgan fingerprint density at radius 1 is 1.17 bits per heavy atom. The van der Waals surface area contributed by atoms with Crippen LogP contribution < -0.4 is 10.2 Å². The molecule has 5 nitrogen and oxygen atoms in total. The average molecular weight is 251 g/mol. The number of hydrogen-bond donors (Lipinski definition) is 1. The van der Waals surface area contributed by atoms with Crippen molar-refractivity contribution in [2.75, 3.05) is 32.1 Å². The predicted molar refractivity (Wildman–Crippen MR) is 74.9 cm³/mol. The van der Waals surface area contributed by atoms with Crippen molar-refractivity contribution in [3.63, 3.8) is 0 Å². The monoisotopic (exact) mass is 251 g/mol. The van der Waals surface area contributed by atoms with Gasteiger partial charge in [0.15, 0.2) is 0 Å². The van der Waals surface area contributed by atoms with E-state index in [4.69, 9.17) is 0 Å². The Labute approximate surface area is 110 Å². The van der Waals surface area contributed by atoms with E-state index in [0.717, 1.165) is 43.3 Å². The second-order valence-electron chi connectivity index (χ2n) is 4.76. The second kappa shape index (κ2) is 7.26. The molecule has 0 amide bonds. The quantitative estimate of drug-likeness (QED) is 0.791. The molecule has 0 saturated carbocycles. The fraction of sp³-hybridized carbons (Fsp3) is 0.769. The summed E-state index contributed by atoms with van der Waals surface area (Å²) in [7, 11) is 3.99. The fourth-order valence-corrected chi connectivity index (χ4v) is 2.05. The van der Waals surface area contributed by atoms with Gasteiger partial charge >= 0.3 is 0 Å². The predicted octanol–water partition coefficient (Wildman–Crippen LogP) is 1.29. The summed E-state index contributed by atoms with van der Waals surface area (Å²) in [5.74, 6) is 1.28. The van der Waals surface area contributed by atoms with Gasteiger partial charge in [-0.25, -0.2) is 4.98 Å². The molecular formula is C13H25N5. The van der Waals surface area contributed by atoms with Crippen LogP contribution in [0.2, 0.25) is 0 Å². The third kappa shape index (κ3) is 3.91. The molecule has 0 fully saturated rings. The first-order chi connectivity index (χ1) is 8.62. The molecule has 0 aliphatic heterocycles. The molecule has 0 aliphatic carbocycles. The summed E-state index contributed by atoms with van der Waals surface area (Å²) in [5.41, 5.74) is 2.08. The van der Waals surface area contributed by atoms with Crippen molar-refractivity contribution in [2.45, 2.75) is 33.6 Å². The summed E-state index contributed by atoms with van der Waals surface area (Å²) in [4.78, 5) is 6.68. The van der Waals surface area contributed by atoms with Crippen molar-refractivity contribution < 1.29 is 0 Å². The maximum Gasteiger partial charge on any atom is 0.245 e. The molecule has 0 bridgehead atoms. The van der Waals surface area contributed by atoms with Crippen LogP contribution in [-0.4, -0.2) is 42.4 Å². The molecular weight excluding hydrogens is 226 g/mol. The third-order valence-corrected chi connectivity index (χ3v) is 2.98. The van der Waals surface area contributed by atoms with Crippen molar-refractivity contribution >= 4 is 5.95 Å². The van der Waals surface area contributed by atoms with Gasteiger partial charge in [0, 0.05) is 13.6 Å². The Morgan fingerprint density at radius 3 is 2.39 bits per heavy atom. The summed E-state index contributed by atoms with van der Waals surface area (Å²) in [6.45, 7) is 8.32. The number of nitrogens with one attached hydrogen (secondary N) is 1. The third-order valence-electron chi connectivity index (χ3n) is 2.98. The lowest BCUT2D eigenvalue weighted by Gasteiger charge is -2.21. The van der Waals surface area contributed by atoms with E-state index in [1.54, 1.807) is 0 Å². The number of hydrogen-bond acceptors (Lipinski definition) is 5. The first kappa shape index (κ1) is 14.8. The number of anilines is 1. The highest BCUT2D eigenvalue weighted by atomic mass is 15.3. The van der Waals surface area contributed by atoms with Crippen molar-refractivity contribution in [1.29, 1.82) is 0 Å². The maximum atomic E-state index is 4.61. The van der Waals surface area contributed by atoms with Gasteiger partial charge in [0.25, 0.3) is 0 Å². The van der Waals surface area contributed by atoms with Gasteiger partial charge in [0.2, 0.25) is 5.95 Å². The molecule has 0 saturated heterocycles. The van der Waals surface area contributed by atoms with Crippen LogP contribution in [0.15, 0.2) is 0 Å². The number of aromatic nitrogens is 3. The minimum atomic E-state index is 0.555. The van der Waals surface area contributed by atoms with Crippen molar-refractivity contribution in [2.24, 2.45) is 5.92 Å². The standard InChI is InChI=1S/C13H25N5/c1-6-11-12(7-2)16-17-13(15-11)18(5)9-10(3)8-14-4/h10,14H,6-9H2,1-5H3. The number of aryl methyl sites for hydroxylation is 2. The van der Waals surface area contributed by atoms with Crippen LogP contribution >= 0.6 is 0 Å². The van der Waals surface area contributed by atoms with E-state index < -0.39 is 0 Å². The molecule has 1 N–H and O–H groups in total. The van der Waals surface area contributed by atoms with Gasteiger partial charge in [-0.15, -0.1) is 5.10 Å². The lowest BCUT2D eigenvalue weighted by atomic mass is 10.2. The highest BCUT2D eigenvalue weighted by molar-refractivity contribution is 5.29. The Balaban J connectivity index is 2.76. The molecule has 18 heavy (non-hydrogen) atoms. The zero-order valence-corrected chi connectivity index (χ0v) is 12.2. The first-order valence-electron chi connectivity index (χ1n) is 6.70. The summed E-state index contributed by atoms with van der Waals surface area (Å²) in [5, 5.41) is 11.7. The molecule has 1 rings (SSSR count). The minimum absolute atomic E-state index is 0.555. The molecule has 1 aromatic rings. The molecule has 1 heterocycles. The van der Waals surface area contributed by atoms with Gasteiger partial charge < -0.3 is 10.2 Å². The van der Waals surface area contributed by atoms with Crippen LogP contribution in [0.25, 0.3) is 0 Å². The SMILES string of the molecule is CCc1nnc(N(C)CC(C)CNC)nc1CC. The van der Waals surface area contributed by atoms with Crippen LogP contribution in [0.1, 0.15) is 32.2 Å². The molecule has 5 heteroatoms. The van der Waals surface area contributed by atoms with E-state index in [9.17, 15) is 0 Å². The zero-order valence-electron chi connectivity index (χ0n) is 12.2. The Kier molecular flexibility index (Phi) is 5.98. The van der Waals surface area contributed by atoms with E-state index >= 15 is 0 Å². The van der Waals surface area contributed by atoms with Gasteiger partial charge in [-0.2, -0.15) is 5.10 Å². The molecule has 0 radical (unpaired) electrons. The van der Waals surface area contributed by atoms with Crippen LogP contribution in [-0.2, 0) is 12.8 Å². The Morgan fingerprint density at radius 2 is 1.83 bits per heavy atom. The minimum Gasteiger partial charge on any atom is -0.342 e. The van der Waals surface area contributed by atoms with E-state index in [1.807, 2.05) is 14.1 Å². The van der Waals surface area contributed by atoms with Gasteiger partial charge in [0.05, 0.1) is 11.4 Å². The molecule has 0 aromatic carbocycles. The Bertz CT molecular complexity index is 366. The smallest absolute Gasteiger partial charge is 0.245 e. The summed E-state index contributed by atoms with van der Waals surface area (Å²) >= 11 is 0. The molecule has 1 atom stereocenters. The van der Waals surface area contributed by atoms with Crippen molar-refractivity contribution in [3.8, 4) is 0 Å². The highest BCUT2D eigenvalue weighted by Crippen LogP contribution is 2.11. The number of rotatable bonds is 7. The molecule has 1 aromatic heterocycles. The van der Waals surface area contributed by atoms with Gasteiger partial charge in [-0.05, 0) is 32.4 Å². The topological polar surface area (TPSA) is 53.9 Å². The largest absolute Gasteiger partial charge is 0.342 e. The van der Waals surface area contributed by atoms with Gasteiger partial charge in [0.1, 0.15) is 0 Å². The van der Waals surface area contributed by atoms with Gasteiger partial charge in [-0.3, -0.25) is 0 Å².